The van der Waals surface area contributed by atoms with Gasteiger partial charge in [0.2, 0.25) is 5.91 Å². The largest absolute Gasteiger partial charge is 0.417 e. The number of alkyl halides is 3. The van der Waals surface area contributed by atoms with Gasteiger partial charge >= 0.3 is 6.18 Å². The predicted octanol–water partition coefficient (Wildman–Crippen LogP) is 4.95. The SMILES string of the molecule is O=C(Cc1cn2cc(C(F)(F)F)cc(Cl)c2n1)Nc1ccccc1Br. The van der Waals surface area contributed by atoms with Crippen molar-refractivity contribution in [3.63, 3.8) is 0 Å². The fraction of sp³-hybridized carbons (Fsp3) is 0.125. The van der Waals surface area contributed by atoms with Gasteiger partial charge in [0.05, 0.1) is 28.4 Å². The molecule has 3 aromatic rings. The van der Waals surface area contributed by atoms with Crippen LogP contribution < -0.4 is 5.32 Å². The molecule has 0 unspecified atom stereocenters. The van der Waals surface area contributed by atoms with Crippen LogP contribution >= 0.6 is 27.5 Å². The first kappa shape index (κ1) is 17.8. The number of hydrogen-bond acceptors (Lipinski definition) is 2. The van der Waals surface area contributed by atoms with Crippen molar-refractivity contribution >= 4 is 44.8 Å². The Labute approximate surface area is 153 Å². The number of benzene rings is 1. The van der Waals surface area contributed by atoms with Gasteiger partial charge in [0.25, 0.3) is 0 Å². The molecule has 1 amide bonds. The predicted molar refractivity (Wildman–Crippen MR) is 91.7 cm³/mol. The van der Waals surface area contributed by atoms with Crippen LogP contribution in [0.25, 0.3) is 5.65 Å². The summed E-state index contributed by atoms with van der Waals surface area (Å²) >= 11 is 9.19. The van der Waals surface area contributed by atoms with Crippen LogP contribution in [-0.4, -0.2) is 15.3 Å². The van der Waals surface area contributed by atoms with Gasteiger partial charge in [0.15, 0.2) is 5.65 Å². The molecule has 9 heteroatoms. The number of hydrogen-bond donors (Lipinski definition) is 1. The molecule has 0 fully saturated rings. The highest BCUT2D eigenvalue weighted by atomic mass is 79.9. The molecule has 2 heterocycles. The minimum atomic E-state index is -4.51. The molecule has 3 rings (SSSR count). The lowest BCUT2D eigenvalue weighted by Crippen LogP contribution is -2.14. The number of fused-ring (bicyclic) bond motifs is 1. The lowest BCUT2D eigenvalue weighted by atomic mass is 10.3. The van der Waals surface area contributed by atoms with Crippen LogP contribution in [0.1, 0.15) is 11.3 Å². The summed E-state index contributed by atoms with van der Waals surface area (Å²) in [5.74, 6) is -0.345. The summed E-state index contributed by atoms with van der Waals surface area (Å²) in [6.07, 6.45) is -2.36. The van der Waals surface area contributed by atoms with Crippen molar-refractivity contribution in [1.82, 2.24) is 9.38 Å². The zero-order valence-corrected chi connectivity index (χ0v) is 14.8. The van der Waals surface area contributed by atoms with Crippen LogP contribution in [0.3, 0.4) is 0 Å². The molecular formula is C16H10BrClF3N3O. The highest BCUT2D eigenvalue weighted by Crippen LogP contribution is 2.32. The van der Waals surface area contributed by atoms with Gasteiger partial charge in [-0.2, -0.15) is 13.2 Å². The van der Waals surface area contributed by atoms with E-state index in [-0.39, 0.29) is 23.0 Å². The number of nitrogens with zero attached hydrogens (tertiary/aromatic N) is 2. The summed E-state index contributed by atoms with van der Waals surface area (Å²) in [5, 5.41) is 2.57. The first-order valence-electron chi connectivity index (χ1n) is 7.03. The summed E-state index contributed by atoms with van der Waals surface area (Å²) in [6, 6.07) is 7.89. The molecule has 0 spiro atoms. The Bertz CT molecular complexity index is 955. The second kappa shape index (κ2) is 6.68. The Hall–Kier alpha value is -2.06. The van der Waals surface area contributed by atoms with E-state index in [1.807, 2.05) is 6.07 Å². The molecule has 25 heavy (non-hydrogen) atoms. The third kappa shape index (κ3) is 3.96. The third-order valence-electron chi connectivity index (χ3n) is 3.37. The van der Waals surface area contributed by atoms with Gasteiger partial charge < -0.3 is 9.72 Å². The van der Waals surface area contributed by atoms with Gasteiger partial charge in [-0.3, -0.25) is 4.79 Å². The molecule has 1 aromatic carbocycles. The second-order valence-corrected chi connectivity index (χ2v) is 6.50. The Morgan fingerprint density at radius 2 is 2.00 bits per heavy atom. The maximum absolute atomic E-state index is 12.8. The Morgan fingerprint density at radius 1 is 1.28 bits per heavy atom. The van der Waals surface area contributed by atoms with E-state index < -0.39 is 11.7 Å². The molecule has 130 valence electrons. The molecule has 1 N–H and O–H groups in total. The number of aromatic nitrogens is 2. The first-order chi connectivity index (χ1) is 11.7. The zero-order chi connectivity index (χ0) is 18.2. The van der Waals surface area contributed by atoms with E-state index in [0.717, 1.165) is 16.7 Å². The average molecular weight is 433 g/mol. The summed E-state index contributed by atoms with van der Waals surface area (Å²) in [7, 11) is 0. The molecular weight excluding hydrogens is 423 g/mol. The minimum absolute atomic E-state index is 0.0965. The van der Waals surface area contributed by atoms with E-state index in [9.17, 15) is 18.0 Å². The van der Waals surface area contributed by atoms with Gasteiger partial charge in [-0.25, -0.2) is 4.98 Å². The van der Waals surface area contributed by atoms with Gasteiger partial charge in [-0.05, 0) is 34.1 Å². The quantitative estimate of drug-likeness (QED) is 0.636. The van der Waals surface area contributed by atoms with Crippen LogP contribution in [-0.2, 0) is 17.4 Å². The number of carbonyl (C=O) groups excluding carboxylic acids is 1. The number of para-hydroxylation sites is 1. The molecule has 0 bridgehead atoms. The van der Waals surface area contributed by atoms with Crippen LogP contribution in [0.5, 0.6) is 0 Å². The van der Waals surface area contributed by atoms with Gasteiger partial charge in [-0.15, -0.1) is 0 Å². The number of pyridine rings is 1. The number of anilines is 1. The topological polar surface area (TPSA) is 46.4 Å². The lowest BCUT2D eigenvalue weighted by Gasteiger charge is -2.07. The number of halogens is 5. The summed E-state index contributed by atoms with van der Waals surface area (Å²) in [5.41, 5.74) is 0.185. The minimum Gasteiger partial charge on any atom is -0.325 e. The van der Waals surface area contributed by atoms with Gasteiger partial charge in [0, 0.05) is 16.9 Å². The normalized spacial score (nSPS) is 11.7. The van der Waals surface area contributed by atoms with Crippen molar-refractivity contribution in [3.8, 4) is 0 Å². The zero-order valence-electron chi connectivity index (χ0n) is 12.4. The highest BCUT2D eigenvalue weighted by molar-refractivity contribution is 9.10. The monoisotopic (exact) mass is 431 g/mol. The Kier molecular flexibility index (Phi) is 4.75. The maximum atomic E-state index is 12.8. The fourth-order valence-electron chi connectivity index (χ4n) is 2.27. The smallest absolute Gasteiger partial charge is 0.325 e. The molecule has 0 saturated heterocycles. The van der Waals surface area contributed by atoms with Crippen molar-refractivity contribution in [3.05, 3.63) is 63.5 Å². The second-order valence-electron chi connectivity index (χ2n) is 5.24. The lowest BCUT2D eigenvalue weighted by molar-refractivity contribution is -0.137. The van der Waals surface area contributed by atoms with E-state index in [2.05, 4.69) is 26.2 Å². The first-order valence-corrected chi connectivity index (χ1v) is 8.20. The molecule has 0 aliphatic heterocycles. The fourth-order valence-corrected chi connectivity index (χ4v) is 2.91. The Morgan fingerprint density at radius 3 is 2.68 bits per heavy atom. The van der Waals surface area contributed by atoms with E-state index in [4.69, 9.17) is 11.6 Å². The van der Waals surface area contributed by atoms with Crippen LogP contribution in [0.4, 0.5) is 18.9 Å². The Balaban J connectivity index is 1.83. The van der Waals surface area contributed by atoms with Gasteiger partial charge in [0.1, 0.15) is 0 Å². The molecule has 0 radical (unpaired) electrons. The van der Waals surface area contributed by atoms with Crippen molar-refractivity contribution in [2.24, 2.45) is 0 Å². The van der Waals surface area contributed by atoms with Crippen LogP contribution in [0, 0.1) is 0 Å². The molecule has 0 aliphatic rings. The maximum Gasteiger partial charge on any atom is 0.417 e. The number of carbonyl (C=O) groups is 1. The van der Waals surface area contributed by atoms with Crippen molar-refractivity contribution < 1.29 is 18.0 Å². The van der Waals surface area contributed by atoms with Crippen LogP contribution in [0.2, 0.25) is 5.02 Å². The van der Waals surface area contributed by atoms with E-state index in [1.165, 1.54) is 10.6 Å². The molecule has 0 atom stereocenters. The van der Waals surface area contributed by atoms with E-state index in [1.54, 1.807) is 18.2 Å². The van der Waals surface area contributed by atoms with Crippen LogP contribution in [0.15, 0.2) is 47.2 Å². The van der Waals surface area contributed by atoms with Gasteiger partial charge in [-0.1, -0.05) is 23.7 Å². The molecule has 0 aliphatic carbocycles. The number of rotatable bonds is 3. The summed E-state index contributed by atoms with van der Waals surface area (Å²) in [4.78, 5) is 16.3. The van der Waals surface area contributed by atoms with E-state index >= 15 is 0 Å². The molecule has 2 aromatic heterocycles. The summed E-state index contributed by atoms with van der Waals surface area (Å²) in [6.45, 7) is 0. The highest BCUT2D eigenvalue weighted by Gasteiger charge is 2.32. The van der Waals surface area contributed by atoms with Crippen molar-refractivity contribution in [2.45, 2.75) is 12.6 Å². The summed E-state index contributed by atoms with van der Waals surface area (Å²) < 4.78 is 40.4. The third-order valence-corrected chi connectivity index (χ3v) is 4.34. The number of nitrogens with one attached hydrogen (secondary N) is 1. The average Bonchev–Trinajstić information content (AvgIpc) is 2.91. The number of imidazole rings is 1. The standard InChI is InChI=1S/C16H10BrClF3N3O/c17-11-3-1-2-4-13(11)23-14(25)6-10-8-24-7-9(16(19,20)21)5-12(18)15(24)22-10/h1-5,7-8H,6H2,(H,23,25). The van der Waals surface area contributed by atoms with E-state index in [0.29, 0.717) is 11.4 Å². The van der Waals surface area contributed by atoms with Crippen molar-refractivity contribution in [1.29, 1.82) is 0 Å². The van der Waals surface area contributed by atoms with Crippen molar-refractivity contribution in [2.75, 3.05) is 5.32 Å². The molecule has 0 saturated carbocycles. The number of amides is 1. The molecule has 4 nitrogen and oxygen atoms in total.